The summed E-state index contributed by atoms with van der Waals surface area (Å²) in [6.45, 7) is 0.665. The molecule has 0 saturated heterocycles. The molecule has 2 aromatic carbocycles. The van der Waals surface area contributed by atoms with Gasteiger partial charge in [0, 0.05) is 30.6 Å². The standard InChI is InChI=1S/C22H23NO3/c24-10-9-20(15-5-2-1-3-6-15)23-14-18-13-22(25)26-21-12-17-8-4-7-16(17)11-19(18)21/h1-3,5-6,11-13,20,23-24H,4,7-10,14H2. The van der Waals surface area contributed by atoms with Crippen LogP contribution in [0.25, 0.3) is 11.0 Å². The topological polar surface area (TPSA) is 62.5 Å². The number of hydrogen-bond acceptors (Lipinski definition) is 4. The van der Waals surface area contributed by atoms with Crippen LogP contribution in [-0.2, 0) is 19.4 Å². The molecule has 0 bridgehead atoms. The zero-order chi connectivity index (χ0) is 17.9. The molecule has 4 nitrogen and oxygen atoms in total. The lowest BCUT2D eigenvalue weighted by molar-refractivity contribution is 0.265. The van der Waals surface area contributed by atoms with Crippen molar-refractivity contribution in [3.8, 4) is 0 Å². The zero-order valence-electron chi connectivity index (χ0n) is 14.7. The molecule has 1 aliphatic carbocycles. The Hall–Kier alpha value is -2.43. The van der Waals surface area contributed by atoms with Gasteiger partial charge in [-0.15, -0.1) is 0 Å². The summed E-state index contributed by atoms with van der Waals surface area (Å²) in [6, 6.07) is 15.9. The van der Waals surface area contributed by atoms with E-state index in [2.05, 4.69) is 23.5 Å². The number of aryl methyl sites for hydroxylation is 2. The molecule has 1 atom stereocenters. The van der Waals surface area contributed by atoms with Crippen molar-refractivity contribution in [2.75, 3.05) is 6.61 Å². The first-order chi connectivity index (χ1) is 12.7. The van der Waals surface area contributed by atoms with Crippen molar-refractivity contribution in [2.24, 2.45) is 0 Å². The van der Waals surface area contributed by atoms with E-state index in [1.165, 1.54) is 11.1 Å². The fraction of sp³-hybridized carbons (Fsp3) is 0.318. The fourth-order valence-electron chi connectivity index (χ4n) is 3.88. The SMILES string of the molecule is O=c1cc(CNC(CCO)c2ccccc2)c2cc3c(cc2o1)CCC3. The van der Waals surface area contributed by atoms with E-state index in [9.17, 15) is 9.90 Å². The van der Waals surface area contributed by atoms with Gasteiger partial charge in [0.1, 0.15) is 5.58 Å². The minimum Gasteiger partial charge on any atom is -0.423 e. The molecule has 1 aliphatic rings. The zero-order valence-corrected chi connectivity index (χ0v) is 14.7. The summed E-state index contributed by atoms with van der Waals surface area (Å²) >= 11 is 0. The van der Waals surface area contributed by atoms with Crippen molar-refractivity contribution >= 4 is 11.0 Å². The maximum Gasteiger partial charge on any atom is 0.336 e. The van der Waals surface area contributed by atoms with Crippen LogP contribution in [0.2, 0.25) is 0 Å². The van der Waals surface area contributed by atoms with E-state index in [-0.39, 0.29) is 18.3 Å². The molecular formula is C22H23NO3. The molecule has 0 amide bonds. The highest BCUT2D eigenvalue weighted by atomic mass is 16.4. The van der Waals surface area contributed by atoms with Crippen LogP contribution in [-0.4, -0.2) is 11.7 Å². The lowest BCUT2D eigenvalue weighted by Crippen LogP contribution is -2.22. The van der Waals surface area contributed by atoms with Gasteiger partial charge in [-0.05, 0) is 60.1 Å². The normalized spacial score (nSPS) is 14.5. The molecular weight excluding hydrogens is 326 g/mol. The summed E-state index contributed by atoms with van der Waals surface area (Å²) < 4.78 is 5.44. The van der Waals surface area contributed by atoms with Crippen LogP contribution in [0.1, 0.15) is 41.1 Å². The van der Waals surface area contributed by atoms with Gasteiger partial charge < -0.3 is 14.8 Å². The van der Waals surface area contributed by atoms with E-state index in [4.69, 9.17) is 4.42 Å². The molecule has 3 aromatic rings. The van der Waals surface area contributed by atoms with Gasteiger partial charge in [-0.25, -0.2) is 4.79 Å². The molecule has 1 aromatic heterocycles. The Bertz CT molecular complexity index is 962. The first-order valence-corrected chi connectivity index (χ1v) is 9.22. The second kappa shape index (κ2) is 7.44. The van der Waals surface area contributed by atoms with E-state index in [0.29, 0.717) is 18.5 Å². The van der Waals surface area contributed by atoms with Crippen molar-refractivity contribution in [2.45, 2.75) is 38.3 Å². The predicted molar refractivity (Wildman–Crippen MR) is 102 cm³/mol. The summed E-state index contributed by atoms with van der Waals surface area (Å²) in [4.78, 5) is 12.0. The van der Waals surface area contributed by atoms with E-state index >= 15 is 0 Å². The minimum absolute atomic E-state index is 0.0397. The molecule has 1 unspecified atom stereocenters. The van der Waals surface area contributed by atoms with Crippen LogP contribution in [0.5, 0.6) is 0 Å². The number of nitrogens with one attached hydrogen (secondary N) is 1. The molecule has 0 saturated carbocycles. The molecule has 26 heavy (non-hydrogen) atoms. The number of benzene rings is 2. The Morgan fingerprint density at radius 3 is 2.62 bits per heavy atom. The van der Waals surface area contributed by atoms with Crippen molar-refractivity contribution in [3.05, 3.63) is 81.2 Å². The number of rotatable bonds is 6. The van der Waals surface area contributed by atoms with Crippen molar-refractivity contribution in [1.82, 2.24) is 5.32 Å². The monoisotopic (exact) mass is 349 g/mol. The Morgan fingerprint density at radius 2 is 1.85 bits per heavy atom. The first-order valence-electron chi connectivity index (χ1n) is 9.22. The number of aliphatic hydroxyl groups excluding tert-OH is 1. The highest BCUT2D eigenvalue weighted by Gasteiger charge is 2.16. The van der Waals surface area contributed by atoms with E-state index in [0.717, 1.165) is 35.8 Å². The highest BCUT2D eigenvalue weighted by Crippen LogP contribution is 2.29. The number of hydrogen-bond donors (Lipinski definition) is 2. The summed E-state index contributed by atoms with van der Waals surface area (Å²) in [6.07, 6.45) is 3.94. The van der Waals surface area contributed by atoms with Crippen molar-refractivity contribution in [3.63, 3.8) is 0 Å². The Morgan fingerprint density at radius 1 is 1.08 bits per heavy atom. The third kappa shape index (κ3) is 3.43. The maximum absolute atomic E-state index is 12.0. The Labute approximate surface area is 152 Å². The van der Waals surface area contributed by atoms with Crippen LogP contribution in [0.15, 0.2) is 57.7 Å². The van der Waals surface area contributed by atoms with E-state index in [1.807, 2.05) is 24.3 Å². The van der Waals surface area contributed by atoms with Gasteiger partial charge in [0.2, 0.25) is 0 Å². The molecule has 2 N–H and O–H groups in total. The second-order valence-corrected chi connectivity index (χ2v) is 6.92. The smallest absolute Gasteiger partial charge is 0.336 e. The number of fused-ring (bicyclic) bond motifs is 2. The molecule has 0 radical (unpaired) electrons. The largest absolute Gasteiger partial charge is 0.423 e. The molecule has 1 heterocycles. The van der Waals surface area contributed by atoms with Gasteiger partial charge in [0.25, 0.3) is 0 Å². The van der Waals surface area contributed by atoms with Gasteiger partial charge in [0.15, 0.2) is 0 Å². The summed E-state index contributed by atoms with van der Waals surface area (Å²) in [5, 5.41) is 13.9. The van der Waals surface area contributed by atoms with Crippen LogP contribution in [0.4, 0.5) is 0 Å². The quantitative estimate of drug-likeness (QED) is 0.669. The molecule has 0 fully saturated rings. The van der Waals surface area contributed by atoms with Crippen LogP contribution in [0, 0.1) is 0 Å². The fourth-order valence-corrected chi connectivity index (χ4v) is 3.88. The van der Waals surface area contributed by atoms with Crippen LogP contribution in [0.3, 0.4) is 0 Å². The van der Waals surface area contributed by atoms with Crippen LogP contribution < -0.4 is 10.9 Å². The Kier molecular flexibility index (Phi) is 4.87. The van der Waals surface area contributed by atoms with Crippen LogP contribution >= 0.6 is 0 Å². The summed E-state index contributed by atoms with van der Waals surface area (Å²) in [5.41, 5.74) is 5.11. The average Bonchev–Trinajstić information content (AvgIpc) is 3.11. The molecule has 4 rings (SSSR count). The van der Waals surface area contributed by atoms with E-state index in [1.54, 1.807) is 6.07 Å². The molecule has 0 aliphatic heterocycles. The molecule has 4 heteroatoms. The van der Waals surface area contributed by atoms with Gasteiger partial charge >= 0.3 is 5.63 Å². The molecule has 134 valence electrons. The lowest BCUT2D eigenvalue weighted by Gasteiger charge is -2.19. The minimum atomic E-state index is -0.314. The summed E-state index contributed by atoms with van der Waals surface area (Å²) in [7, 11) is 0. The second-order valence-electron chi connectivity index (χ2n) is 6.92. The van der Waals surface area contributed by atoms with E-state index < -0.39 is 0 Å². The highest BCUT2D eigenvalue weighted by molar-refractivity contribution is 5.82. The van der Waals surface area contributed by atoms with Crippen molar-refractivity contribution < 1.29 is 9.52 Å². The molecule has 0 spiro atoms. The van der Waals surface area contributed by atoms with Gasteiger partial charge in [-0.2, -0.15) is 0 Å². The Balaban J connectivity index is 1.65. The summed E-state index contributed by atoms with van der Waals surface area (Å²) in [5.74, 6) is 0. The third-order valence-corrected chi connectivity index (χ3v) is 5.20. The van der Waals surface area contributed by atoms with Crippen molar-refractivity contribution in [1.29, 1.82) is 0 Å². The third-order valence-electron chi connectivity index (χ3n) is 5.20. The van der Waals surface area contributed by atoms with Gasteiger partial charge in [-0.1, -0.05) is 30.3 Å². The lowest BCUT2D eigenvalue weighted by atomic mass is 10.0. The predicted octanol–water partition coefficient (Wildman–Crippen LogP) is 3.50. The average molecular weight is 349 g/mol. The number of aliphatic hydroxyl groups is 1. The first kappa shape index (κ1) is 17.0. The van der Waals surface area contributed by atoms with Gasteiger partial charge in [-0.3, -0.25) is 0 Å². The van der Waals surface area contributed by atoms with Gasteiger partial charge in [0.05, 0.1) is 0 Å². The maximum atomic E-state index is 12.0.